The Bertz CT molecular complexity index is 1510. The minimum Gasteiger partial charge on any atom is -0.545 e. The Labute approximate surface area is 280 Å². The van der Waals surface area contributed by atoms with Crippen molar-refractivity contribution in [2.45, 2.75) is 0 Å². The molecule has 2 aromatic heterocycles. The first-order valence-corrected chi connectivity index (χ1v) is 13.5. The molecule has 0 aliphatic heterocycles. The largest absolute Gasteiger partial charge is 2.00 e. The fourth-order valence-corrected chi connectivity index (χ4v) is 3.37. The maximum Gasteiger partial charge on any atom is 2.00 e. The average Bonchev–Trinajstić information content (AvgIpc) is 3.07. The van der Waals surface area contributed by atoms with Crippen molar-refractivity contribution < 1.29 is 44.2 Å². The second-order valence-corrected chi connectivity index (χ2v) is 9.48. The van der Waals surface area contributed by atoms with Gasteiger partial charge in [-0.05, 0) is 59.7 Å². The van der Waals surface area contributed by atoms with Gasteiger partial charge in [-0.3, -0.25) is 20.1 Å². The summed E-state index contributed by atoms with van der Waals surface area (Å²) < 4.78 is 0. The number of anilines is 2. The van der Waals surface area contributed by atoms with Gasteiger partial charge in [0.15, 0.2) is 0 Å². The van der Waals surface area contributed by atoms with E-state index in [-0.39, 0.29) is 36.3 Å². The van der Waals surface area contributed by atoms with E-state index in [1.165, 1.54) is 36.4 Å². The van der Waals surface area contributed by atoms with E-state index in [2.05, 4.69) is 9.97 Å². The van der Waals surface area contributed by atoms with Crippen molar-refractivity contribution in [1.82, 2.24) is 9.97 Å². The Kier molecular flexibility index (Phi) is 17.2. The molecule has 3 aromatic carbocycles. The van der Waals surface area contributed by atoms with Gasteiger partial charge in [0, 0.05) is 64.1 Å². The molecule has 0 unspecified atom stereocenters. The SMILES string of the molecule is CN(C)c1ccc(C(=O)[O-])cc1.CN(C)c1ccc(C(=O)[O-])cc1.O=[N+]([O-])c1ccccc1.[Zn+2].c1ccc(-c2ccccn2)nc1. The van der Waals surface area contributed by atoms with Crippen LogP contribution in [0.5, 0.6) is 0 Å². The van der Waals surface area contributed by atoms with Crippen LogP contribution in [0.25, 0.3) is 11.4 Å². The third-order valence-corrected chi connectivity index (χ3v) is 5.80. The van der Waals surface area contributed by atoms with Crippen LogP contribution in [0.2, 0.25) is 0 Å². The summed E-state index contributed by atoms with van der Waals surface area (Å²) in [6.07, 6.45) is 3.54. The molecule has 2 heterocycles. The zero-order valence-electron chi connectivity index (χ0n) is 26.0. The first kappa shape index (κ1) is 38.5. The molecule has 5 aromatic rings. The van der Waals surface area contributed by atoms with E-state index in [0.29, 0.717) is 0 Å². The van der Waals surface area contributed by atoms with Crippen molar-refractivity contribution >= 4 is 29.0 Å². The Morgan fingerprint density at radius 3 is 1.15 bits per heavy atom. The smallest absolute Gasteiger partial charge is 0.545 e. The maximum absolute atomic E-state index is 10.4. The normalized spacial score (nSPS) is 9.22. The Balaban J connectivity index is 0.000000306. The van der Waals surface area contributed by atoms with E-state index >= 15 is 0 Å². The van der Waals surface area contributed by atoms with Gasteiger partial charge in [0.2, 0.25) is 0 Å². The van der Waals surface area contributed by atoms with E-state index in [0.717, 1.165) is 22.8 Å². The number of benzene rings is 3. The van der Waals surface area contributed by atoms with Gasteiger partial charge in [0.1, 0.15) is 0 Å². The molecule has 0 spiro atoms. The molecule has 0 saturated heterocycles. The quantitative estimate of drug-likeness (QED) is 0.147. The van der Waals surface area contributed by atoms with Crippen LogP contribution in [-0.4, -0.2) is 55.0 Å². The molecule has 5 rings (SSSR count). The summed E-state index contributed by atoms with van der Waals surface area (Å²) in [6.45, 7) is 0. The molecule has 11 nitrogen and oxygen atoms in total. The van der Waals surface area contributed by atoms with Crippen molar-refractivity contribution in [1.29, 1.82) is 0 Å². The molecule has 0 N–H and O–H groups in total. The van der Waals surface area contributed by atoms with Crippen LogP contribution in [0, 0.1) is 10.1 Å². The number of rotatable bonds is 6. The van der Waals surface area contributed by atoms with Gasteiger partial charge in [-0.25, -0.2) is 0 Å². The number of pyridine rings is 2. The molecule has 0 saturated carbocycles. The number of nitrogens with zero attached hydrogens (tertiary/aromatic N) is 5. The minimum atomic E-state index is -1.14. The third kappa shape index (κ3) is 13.9. The molecule has 0 bridgehead atoms. The summed E-state index contributed by atoms with van der Waals surface area (Å²) in [5.74, 6) is -2.28. The summed E-state index contributed by atoms with van der Waals surface area (Å²) >= 11 is 0. The molecule has 232 valence electrons. The third-order valence-electron chi connectivity index (χ3n) is 5.80. The van der Waals surface area contributed by atoms with E-state index < -0.39 is 16.9 Å². The van der Waals surface area contributed by atoms with Gasteiger partial charge in [-0.2, -0.15) is 0 Å². The second kappa shape index (κ2) is 20.5. The average molecular weight is 673 g/mol. The van der Waals surface area contributed by atoms with Crippen LogP contribution in [0.4, 0.5) is 17.1 Å². The Hall–Kier alpha value is -5.48. The number of carboxylic acids is 2. The number of hydrogen-bond acceptors (Lipinski definition) is 10. The Morgan fingerprint density at radius 2 is 0.913 bits per heavy atom. The van der Waals surface area contributed by atoms with Gasteiger partial charge >= 0.3 is 19.5 Å². The van der Waals surface area contributed by atoms with Crippen molar-refractivity contribution in [3.63, 3.8) is 0 Å². The van der Waals surface area contributed by atoms with E-state index in [1.807, 2.05) is 74.4 Å². The summed E-state index contributed by atoms with van der Waals surface area (Å²) in [5, 5.41) is 30.7. The van der Waals surface area contributed by atoms with Gasteiger partial charge in [0.25, 0.3) is 5.69 Å². The van der Waals surface area contributed by atoms with Crippen LogP contribution in [0.1, 0.15) is 20.7 Å². The topological polar surface area (TPSA) is 156 Å². The van der Waals surface area contributed by atoms with Crippen LogP contribution in [-0.2, 0) is 19.5 Å². The maximum atomic E-state index is 10.4. The molecule has 0 radical (unpaired) electrons. The monoisotopic (exact) mass is 671 g/mol. The first-order chi connectivity index (χ1) is 21.5. The molecular formula is C34H33N5O6Zn. The first-order valence-electron chi connectivity index (χ1n) is 13.5. The molecule has 12 heteroatoms. The summed E-state index contributed by atoms with van der Waals surface area (Å²) in [4.78, 5) is 42.5. The number of hydrogen-bond donors (Lipinski definition) is 0. The zero-order valence-corrected chi connectivity index (χ0v) is 29.0. The number of non-ortho nitro benzene ring substituents is 1. The predicted molar refractivity (Wildman–Crippen MR) is 171 cm³/mol. The molecule has 0 fully saturated rings. The number of nitro groups is 1. The van der Waals surface area contributed by atoms with Crippen LogP contribution in [0.3, 0.4) is 0 Å². The minimum absolute atomic E-state index is 0. The van der Waals surface area contributed by atoms with Gasteiger partial charge < -0.3 is 29.6 Å². The number of carbonyl (C=O) groups is 2. The molecule has 0 atom stereocenters. The van der Waals surface area contributed by atoms with Gasteiger partial charge in [-0.1, -0.05) is 54.6 Å². The van der Waals surface area contributed by atoms with E-state index in [4.69, 9.17) is 0 Å². The second-order valence-electron chi connectivity index (χ2n) is 9.48. The summed E-state index contributed by atoms with van der Waals surface area (Å²) in [5.41, 5.74) is 4.33. The van der Waals surface area contributed by atoms with Crippen LogP contribution in [0.15, 0.2) is 128 Å². The Morgan fingerprint density at radius 1 is 0.565 bits per heavy atom. The molecular weight excluding hydrogens is 640 g/mol. The molecule has 0 aliphatic carbocycles. The number of carbonyl (C=O) groups excluding carboxylic acids is 2. The standard InChI is InChI=1S/C10H8N2.2C9H11NO2.C6H5NO2.Zn/c1-3-7-11-9(5-1)10-6-2-4-8-12-10;2*1-10(2)8-5-3-7(4-6-8)9(11)12;8-7(9)6-4-2-1-3-5-6;/h1-8H;2*3-6H,1-2H3,(H,11,12);1-5H;/q;;;;+2/p-2. The fraction of sp³-hybridized carbons (Fsp3) is 0.118. The van der Waals surface area contributed by atoms with Crippen molar-refractivity contribution in [2.75, 3.05) is 38.0 Å². The van der Waals surface area contributed by atoms with Crippen LogP contribution < -0.4 is 20.0 Å². The summed E-state index contributed by atoms with van der Waals surface area (Å²) in [7, 11) is 7.59. The van der Waals surface area contributed by atoms with Crippen molar-refractivity contribution in [3.05, 3.63) is 149 Å². The predicted octanol–water partition coefficient (Wildman–Crippen LogP) is 3.97. The summed E-state index contributed by atoms with van der Waals surface area (Å²) in [6, 6.07) is 32.6. The van der Waals surface area contributed by atoms with Gasteiger partial charge in [-0.15, -0.1) is 0 Å². The van der Waals surface area contributed by atoms with Gasteiger partial charge in [0.05, 0.1) is 28.2 Å². The van der Waals surface area contributed by atoms with E-state index in [1.54, 1.807) is 54.9 Å². The van der Waals surface area contributed by atoms with Crippen molar-refractivity contribution in [2.24, 2.45) is 0 Å². The molecule has 46 heavy (non-hydrogen) atoms. The number of carboxylic acid groups (broad SMARTS) is 2. The van der Waals surface area contributed by atoms with E-state index in [9.17, 15) is 29.9 Å². The van der Waals surface area contributed by atoms with Crippen LogP contribution >= 0.6 is 0 Å². The number of para-hydroxylation sites is 1. The molecule has 0 aliphatic rings. The zero-order chi connectivity index (χ0) is 33.2. The number of aromatic carboxylic acids is 2. The number of nitro benzene ring substituents is 1. The van der Waals surface area contributed by atoms with Crippen molar-refractivity contribution in [3.8, 4) is 11.4 Å². The molecule has 0 amide bonds. The number of aromatic nitrogens is 2. The fourth-order valence-electron chi connectivity index (χ4n) is 3.37.